The van der Waals surface area contributed by atoms with Gasteiger partial charge in [0, 0.05) is 6.42 Å². The maximum Gasteiger partial charge on any atom is 0.325 e. The van der Waals surface area contributed by atoms with Crippen LogP contribution in [-0.4, -0.2) is 38.0 Å². The second kappa shape index (κ2) is 8.50. The Labute approximate surface area is 113 Å². The van der Waals surface area contributed by atoms with Gasteiger partial charge in [0.05, 0.1) is 13.7 Å². The molecule has 0 aromatic heterocycles. The molecule has 0 aromatic rings. The summed E-state index contributed by atoms with van der Waals surface area (Å²) in [5, 5.41) is 4.93. The van der Waals surface area contributed by atoms with Crippen LogP contribution in [0.15, 0.2) is 0 Å². The van der Waals surface area contributed by atoms with Crippen LogP contribution in [0, 0.1) is 5.92 Å². The van der Waals surface area contributed by atoms with Gasteiger partial charge in [-0.15, -0.1) is 0 Å². The van der Waals surface area contributed by atoms with Crippen LogP contribution >= 0.6 is 0 Å². The Hall–Kier alpha value is -1.59. The molecule has 108 valence electrons. The van der Waals surface area contributed by atoms with E-state index in [4.69, 9.17) is 0 Å². The minimum Gasteiger partial charge on any atom is -0.468 e. The first-order valence-electron chi connectivity index (χ1n) is 6.72. The third kappa shape index (κ3) is 6.79. The summed E-state index contributed by atoms with van der Waals surface area (Å²) in [5.74, 6) is -0.545. The molecule has 1 rings (SSSR count). The molecular formula is C13H22N2O4. The molecule has 6 nitrogen and oxygen atoms in total. The van der Waals surface area contributed by atoms with Gasteiger partial charge >= 0.3 is 5.97 Å². The van der Waals surface area contributed by atoms with Crippen molar-refractivity contribution in [3.63, 3.8) is 0 Å². The van der Waals surface area contributed by atoms with E-state index in [-0.39, 0.29) is 24.9 Å². The van der Waals surface area contributed by atoms with E-state index in [0.29, 0.717) is 12.3 Å². The molecule has 0 bridgehead atoms. The van der Waals surface area contributed by atoms with Crippen LogP contribution in [0.3, 0.4) is 0 Å². The molecule has 2 N–H and O–H groups in total. The van der Waals surface area contributed by atoms with Crippen LogP contribution in [-0.2, 0) is 19.1 Å². The first-order valence-corrected chi connectivity index (χ1v) is 6.72. The lowest BCUT2D eigenvalue weighted by Gasteiger charge is -2.20. The lowest BCUT2D eigenvalue weighted by molar-refractivity contribution is -0.141. The van der Waals surface area contributed by atoms with E-state index in [2.05, 4.69) is 15.4 Å². The predicted octanol–water partition coefficient (Wildman–Crippen LogP) is 0.362. The number of hydrogen-bond acceptors (Lipinski definition) is 4. The highest BCUT2D eigenvalue weighted by atomic mass is 16.5. The number of carbonyl (C=O) groups is 3. The molecule has 0 radical (unpaired) electrons. The first-order chi connectivity index (χ1) is 9.11. The molecule has 0 heterocycles. The normalized spacial score (nSPS) is 15.6. The van der Waals surface area contributed by atoms with Gasteiger partial charge < -0.3 is 15.4 Å². The zero-order chi connectivity index (χ0) is 14.1. The maximum atomic E-state index is 11.6. The van der Waals surface area contributed by atoms with Crippen molar-refractivity contribution in [1.29, 1.82) is 0 Å². The van der Waals surface area contributed by atoms with Gasteiger partial charge in [-0.1, -0.05) is 19.3 Å². The molecule has 0 unspecified atom stereocenters. The Bertz CT molecular complexity index is 325. The molecule has 0 spiro atoms. The van der Waals surface area contributed by atoms with E-state index >= 15 is 0 Å². The molecule has 0 aliphatic heterocycles. The van der Waals surface area contributed by atoms with Gasteiger partial charge in [0.15, 0.2) is 0 Å². The number of rotatable bonds is 6. The Morgan fingerprint density at radius 3 is 2.26 bits per heavy atom. The van der Waals surface area contributed by atoms with Gasteiger partial charge in [0.25, 0.3) is 0 Å². The lowest BCUT2D eigenvalue weighted by atomic mass is 9.87. The number of ether oxygens (including phenoxy) is 1. The van der Waals surface area contributed by atoms with Crippen molar-refractivity contribution in [2.24, 2.45) is 5.92 Å². The molecule has 1 aliphatic rings. The zero-order valence-electron chi connectivity index (χ0n) is 11.4. The van der Waals surface area contributed by atoms with Crippen molar-refractivity contribution < 1.29 is 19.1 Å². The molecule has 1 saturated carbocycles. The Morgan fingerprint density at radius 2 is 1.63 bits per heavy atom. The van der Waals surface area contributed by atoms with Crippen LogP contribution in [0.2, 0.25) is 0 Å². The van der Waals surface area contributed by atoms with Crippen LogP contribution in [0.1, 0.15) is 38.5 Å². The van der Waals surface area contributed by atoms with Crippen LogP contribution in [0.4, 0.5) is 0 Å². The van der Waals surface area contributed by atoms with Crippen molar-refractivity contribution in [3.05, 3.63) is 0 Å². The van der Waals surface area contributed by atoms with Crippen LogP contribution in [0.25, 0.3) is 0 Å². The zero-order valence-corrected chi connectivity index (χ0v) is 11.4. The van der Waals surface area contributed by atoms with Gasteiger partial charge in [-0.05, 0) is 18.8 Å². The summed E-state index contributed by atoms with van der Waals surface area (Å²) >= 11 is 0. The van der Waals surface area contributed by atoms with Crippen molar-refractivity contribution >= 4 is 17.8 Å². The second-order valence-corrected chi connectivity index (χ2v) is 4.84. The molecular weight excluding hydrogens is 248 g/mol. The molecule has 19 heavy (non-hydrogen) atoms. The number of esters is 1. The van der Waals surface area contributed by atoms with Gasteiger partial charge in [0.1, 0.15) is 6.54 Å². The number of amides is 2. The first kappa shape index (κ1) is 15.5. The fourth-order valence-corrected chi connectivity index (χ4v) is 2.21. The SMILES string of the molecule is COC(=O)CNC(=O)CNC(=O)CC1CCCCC1. The summed E-state index contributed by atoms with van der Waals surface area (Å²) in [6.45, 7) is -0.267. The summed E-state index contributed by atoms with van der Waals surface area (Å²) < 4.78 is 4.39. The molecule has 0 saturated heterocycles. The van der Waals surface area contributed by atoms with Crippen molar-refractivity contribution in [2.75, 3.05) is 20.2 Å². The maximum absolute atomic E-state index is 11.6. The highest BCUT2D eigenvalue weighted by Gasteiger charge is 2.17. The van der Waals surface area contributed by atoms with Crippen molar-refractivity contribution in [1.82, 2.24) is 10.6 Å². The largest absolute Gasteiger partial charge is 0.468 e. The summed E-state index contributed by atoms with van der Waals surface area (Å²) in [6, 6.07) is 0. The Balaban J connectivity index is 2.11. The van der Waals surface area contributed by atoms with E-state index in [1.807, 2.05) is 0 Å². The average molecular weight is 270 g/mol. The highest BCUT2D eigenvalue weighted by molar-refractivity contribution is 5.86. The second-order valence-electron chi connectivity index (χ2n) is 4.84. The number of methoxy groups -OCH3 is 1. The Morgan fingerprint density at radius 1 is 1.00 bits per heavy atom. The third-order valence-corrected chi connectivity index (χ3v) is 3.30. The summed E-state index contributed by atoms with van der Waals surface area (Å²) in [4.78, 5) is 33.7. The molecule has 6 heteroatoms. The predicted molar refractivity (Wildman–Crippen MR) is 69.2 cm³/mol. The van der Waals surface area contributed by atoms with Crippen LogP contribution < -0.4 is 10.6 Å². The minimum atomic E-state index is -0.512. The quantitative estimate of drug-likeness (QED) is 0.683. The monoisotopic (exact) mass is 270 g/mol. The molecule has 1 fully saturated rings. The Kier molecular flexibility index (Phi) is 6.92. The highest BCUT2D eigenvalue weighted by Crippen LogP contribution is 2.25. The summed E-state index contributed by atoms with van der Waals surface area (Å²) in [6.07, 6.45) is 6.33. The fourth-order valence-electron chi connectivity index (χ4n) is 2.21. The summed E-state index contributed by atoms with van der Waals surface area (Å²) in [5.41, 5.74) is 0. The van der Waals surface area contributed by atoms with Crippen molar-refractivity contribution in [2.45, 2.75) is 38.5 Å². The molecule has 0 aromatic carbocycles. The fraction of sp³-hybridized carbons (Fsp3) is 0.769. The van der Waals surface area contributed by atoms with Gasteiger partial charge in [0.2, 0.25) is 11.8 Å². The molecule has 1 aliphatic carbocycles. The van der Waals surface area contributed by atoms with E-state index in [1.165, 1.54) is 26.4 Å². The topological polar surface area (TPSA) is 84.5 Å². The minimum absolute atomic E-state index is 0.0947. The standard InChI is InChI=1S/C13H22N2O4/c1-19-13(18)9-15-12(17)8-14-11(16)7-10-5-3-2-4-6-10/h10H,2-9H2,1H3,(H,14,16)(H,15,17). The van der Waals surface area contributed by atoms with E-state index < -0.39 is 5.97 Å². The van der Waals surface area contributed by atoms with E-state index in [9.17, 15) is 14.4 Å². The number of hydrogen-bond donors (Lipinski definition) is 2. The molecule has 0 atom stereocenters. The number of carbonyl (C=O) groups excluding carboxylic acids is 3. The smallest absolute Gasteiger partial charge is 0.325 e. The third-order valence-electron chi connectivity index (χ3n) is 3.30. The average Bonchev–Trinajstić information content (AvgIpc) is 2.43. The van der Waals surface area contributed by atoms with Gasteiger partial charge in [-0.2, -0.15) is 0 Å². The van der Waals surface area contributed by atoms with E-state index in [0.717, 1.165) is 12.8 Å². The van der Waals surface area contributed by atoms with Crippen molar-refractivity contribution in [3.8, 4) is 0 Å². The number of nitrogens with one attached hydrogen (secondary N) is 2. The van der Waals surface area contributed by atoms with Crippen LogP contribution in [0.5, 0.6) is 0 Å². The lowest BCUT2D eigenvalue weighted by Crippen LogP contribution is -2.39. The van der Waals surface area contributed by atoms with Gasteiger partial charge in [-0.3, -0.25) is 14.4 Å². The van der Waals surface area contributed by atoms with E-state index in [1.54, 1.807) is 0 Å². The molecule has 2 amide bonds. The summed E-state index contributed by atoms with van der Waals surface area (Å²) in [7, 11) is 1.25. The van der Waals surface area contributed by atoms with Gasteiger partial charge in [-0.25, -0.2) is 0 Å².